The molecule has 0 fully saturated rings. The van der Waals surface area contributed by atoms with Crippen LogP contribution in [-0.2, 0) is 5.41 Å². The van der Waals surface area contributed by atoms with Crippen molar-refractivity contribution in [1.29, 1.82) is 0 Å². The summed E-state index contributed by atoms with van der Waals surface area (Å²) in [6, 6.07) is 28.8. The van der Waals surface area contributed by atoms with Gasteiger partial charge in [-0.3, -0.25) is 0 Å². The van der Waals surface area contributed by atoms with Crippen LogP contribution in [0.4, 0.5) is 0 Å². The van der Waals surface area contributed by atoms with Crippen LogP contribution in [0.5, 0.6) is 0 Å². The summed E-state index contributed by atoms with van der Waals surface area (Å²) in [7, 11) is 0. The molecule has 0 amide bonds. The van der Waals surface area contributed by atoms with Crippen LogP contribution in [-0.4, -0.2) is 0 Å². The van der Waals surface area contributed by atoms with Crippen LogP contribution in [0, 0.1) is 6.92 Å². The lowest BCUT2D eigenvalue weighted by Crippen LogP contribution is -2.29. The van der Waals surface area contributed by atoms with Crippen molar-refractivity contribution >= 4 is 5.57 Å². The molecule has 0 saturated carbocycles. The van der Waals surface area contributed by atoms with Gasteiger partial charge in [0, 0.05) is 0 Å². The number of fused-ring (bicyclic) bond motifs is 1. The first-order valence-corrected chi connectivity index (χ1v) is 9.98. The highest BCUT2D eigenvalue weighted by Gasteiger charge is 2.46. The molecule has 0 saturated heterocycles. The van der Waals surface area contributed by atoms with E-state index in [1.807, 2.05) is 6.08 Å². The summed E-state index contributed by atoms with van der Waals surface area (Å²) in [6.45, 7) is 8.32. The number of aryl methyl sites for hydroxylation is 1. The van der Waals surface area contributed by atoms with Crippen molar-refractivity contribution in [2.24, 2.45) is 0 Å². The summed E-state index contributed by atoms with van der Waals surface area (Å²) >= 11 is 0. The van der Waals surface area contributed by atoms with Crippen molar-refractivity contribution in [3.05, 3.63) is 137 Å². The number of benzene rings is 3. The molecule has 138 valence electrons. The summed E-state index contributed by atoms with van der Waals surface area (Å²) in [5.41, 5.74) is 9.08. The Morgan fingerprint density at radius 2 is 1.46 bits per heavy atom. The number of allylic oxidation sites excluding steroid dienone is 5. The van der Waals surface area contributed by atoms with Gasteiger partial charge in [0.2, 0.25) is 0 Å². The lowest BCUT2D eigenvalue weighted by molar-refractivity contribution is 0.760. The third-order valence-electron chi connectivity index (χ3n) is 5.83. The zero-order chi connectivity index (χ0) is 19.6. The minimum Gasteiger partial charge on any atom is -0.0991 e. The number of rotatable bonds is 5. The molecule has 0 N–H and O–H groups in total. The monoisotopic (exact) mass is 362 g/mol. The summed E-state index contributed by atoms with van der Waals surface area (Å²) in [4.78, 5) is 0. The summed E-state index contributed by atoms with van der Waals surface area (Å²) in [5.74, 6) is 0. The maximum Gasteiger partial charge on any atom is 0.0710 e. The van der Waals surface area contributed by atoms with Crippen molar-refractivity contribution in [3.63, 3.8) is 0 Å². The van der Waals surface area contributed by atoms with Gasteiger partial charge in [-0.1, -0.05) is 116 Å². The Hall–Kier alpha value is -3.12. The molecule has 0 aromatic heterocycles. The first kappa shape index (κ1) is 18.3. The normalized spacial score (nSPS) is 18.5. The molecule has 1 aliphatic carbocycles. The second-order valence-corrected chi connectivity index (χ2v) is 7.37. The number of hydrogen-bond acceptors (Lipinski definition) is 0. The molecule has 28 heavy (non-hydrogen) atoms. The standard InChI is InChI=1S/C28H26/c1-4-6-15-26-24(5-2)25-14-10-11-16-27(25)28(26,22-12-8-7-9-13-22)23-19-17-21(3)18-20-23/h4,6-20H,1,5H2,2-3H3/b15-6-. The second kappa shape index (κ2) is 7.48. The van der Waals surface area contributed by atoms with Gasteiger partial charge in [0.1, 0.15) is 0 Å². The quantitative estimate of drug-likeness (QED) is 0.419. The van der Waals surface area contributed by atoms with E-state index in [1.54, 1.807) is 0 Å². The van der Waals surface area contributed by atoms with Crippen LogP contribution in [0.1, 0.15) is 41.2 Å². The van der Waals surface area contributed by atoms with Gasteiger partial charge in [0.25, 0.3) is 0 Å². The molecule has 3 aromatic rings. The van der Waals surface area contributed by atoms with Crippen LogP contribution in [0.3, 0.4) is 0 Å². The lowest BCUT2D eigenvalue weighted by atomic mass is 9.66. The van der Waals surface area contributed by atoms with Crippen molar-refractivity contribution < 1.29 is 0 Å². The van der Waals surface area contributed by atoms with E-state index >= 15 is 0 Å². The van der Waals surface area contributed by atoms with Gasteiger partial charge >= 0.3 is 0 Å². The average molecular weight is 363 g/mol. The Balaban J connectivity index is 2.16. The molecule has 1 atom stereocenters. The fraction of sp³-hybridized carbons (Fsp3) is 0.143. The van der Waals surface area contributed by atoms with Gasteiger partial charge in [-0.05, 0) is 46.7 Å². The molecule has 3 aromatic carbocycles. The van der Waals surface area contributed by atoms with Crippen molar-refractivity contribution in [3.8, 4) is 0 Å². The van der Waals surface area contributed by atoms with Crippen molar-refractivity contribution in [2.45, 2.75) is 25.7 Å². The van der Waals surface area contributed by atoms with Crippen LogP contribution < -0.4 is 0 Å². The molecule has 4 rings (SSSR count). The highest BCUT2D eigenvalue weighted by molar-refractivity contribution is 5.87. The van der Waals surface area contributed by atoms with E-state index in [9.17, 15) is 0 Å². The molecule has 0 bridgehead atoms. The molecule has 1 unspecified atom stereocenters. The topological polar surface area (TPSA) is 0 Å². The Labute approximate surface area is 168 Å². The van der Waals surface area contributed by atoms with E-state index in [0.29, 0.717) is 0 Å². The molecular weight excluding hydrogens is 336 g/mol. The van der Waals surface area contributed by atoms with Gasteiger partial charge in [-0.2, -0.15) is 0 Å². The molecule has 0 aliphatic heterocycles. The van der Waals surface area contributed by atoms with Crippen LogP contribution in [0.2, 0.25) is 0 Å². The highest BCUT2D eigenvalue weighted by atomic mass is 14.5. The first-order valence-electron chi connectivity index (χ1n) is 9.98. The Bertz CT molecular complexity index is 1050. The predicted octanol–water partition coefficient (Wildman–Crippen LogP) is 7.25. The van der Waals surface area contributed by atoms with E-state index < -0.39 is 0 Å². The minimum atomic E-state index is -0.309. The molecule has 0 nitrogen and oxygen atoms in total. The average Bonchev–Trinajstić information content (AvgIpc) is 3.03. The first-order chi connectivity index (χ1) is 13.7. The maximum atomic E-state index is 3.92. The molecular formula is C28H26. The van der Waals surface area contributed by atoms with Crippen molar-refractivity contribution in [2.75, 3.05) is 0 Å². The molecule has 1 aliphatic rings. The Morgan fingerprint density at radius 1 is 0.821 bits per heavy atom. The van der Waals surface area contributed by atoms with E-state index in [0.717, 1.165) is 6.42 Å². The molecule has 0 heteroatoms. The fourth-order valence-electron chi connectivity index (χ4n) is 4.64. The Kier molecular flexibility index (Phi) is 4.88. The molecule has 0 spiro atoms. The zero-order valence-corrected chi connectivity index (χ0v) is 16.7. The third kappa shape index (κ3) is 2.68. The van der Waals surface area contributed by atoms with E-state index in [1.165, 1.54) is 39.0 Å². The second-order valence-electron chi connectivity index (χ2n) is 7.37. The SMILES string of the molecule is C=C/C=C\C1=C(CC)c2ccccc2C1(c1ccccc1)c1ccc(C)cc1. The third-order valence-corrected chi connectivity index (χ3v) is 5.83. The Morgan fingerprint density at radius 3 is 2.14 bits per heavy atom. The van der Waals surface area contributed by atoms with Gasteiger partial charge in [-0.25, -0.2) is 0 Å². The van der Waals surface area contributed by atoms with E-state index in [-0.39, 0.29) is 5.41 Å². The summed E-state index contributed by atoms with van der Waals surface area (Å²) in [6.07, 6.45) is 7.20. The van der Waals surface area contributed by atoms with Crippen LogP contribution in [0.25, 0.3) is 5.57 Å². The summed E-state index contributed by atoms with van der Waals surface area (Å²) < 4.78 is 0. The molecule has 0 radical (unpaired) electrons. The van der Waals surface area contributed by atoms with Crippen molar-refractivity contribution in [1.82, 2.24) is 0 Å². The largest absolute Gasteiger partial charge is 0.0991 e. The smallest absolute Gasteiger partial charge is 0.0710 e. The number of hydrogen-bond donors (Lipinski definition) is 0. The van der Waals surface area contributed by atoms with Gasteiger partial charge in [0.05, 0.1) is 5.41 Å². The van der Waals surface area contributed by atoms with Crippen LogP contribution >= 0.6 is 0 Å². The van der Waals surface area contributed by atoms with E-state index in [2.05, 4.69) is 111 Å². The maximum absolute atomic E-state index is 3.92. The highest BCUT2D eigenvalue weighted by Crippen LogP contribution is 2.55. The lowest BCUT2D eigenvalue weighted by Gasteiger charge is -2.35. The van der Waals surface area contributed by atoms with E-state index in [4.69, 9.17) is 0 Å². The predicted molar refractivity (Wildman–Crippen MR) is 120 cm³/mol. The van der Waals surface area contributed by atoms with Gasteiger partial charge in [0.15, 0.2) is 0 Å². The van der Waals surface area contributed by atoms with Gasteiger partial charge < -0.3 is 0 Å². The summed E-state index contributed by atoms with van der Waals surface area (Å²) in [5, 5.41) is 0. The minimum absolute atomic E-state index is 0.309. The fourth-order valence-corrected chi connectivity index (χ4v) is 4.64. The van der Waals surface area contributed by atoms with Crippen LogP contribution in [0.15, 0.2) is 109 Å². The molecule has 0 heterocycles. The zero-order valence-electron chi connectivity index (χ0n) is 16.7. The van der Waals surface area contributed by atoms with Gasteiger partial charge in [-0.15, -0.1) is 0 Å².